The lowest BCUT2D eigenvalue weighted by Gasteiger charge is -2.24. The molecular formula is C15H17F2NO3. The Morgan fingerprint density at radius 2 is 2.10 bits per heavy atom. The number of rotatable bonds is 5. The van der Waals surface area contributed by atoms with Crippen molar-refractivity contribution in [2.24, 2.45) is 5.92 Å². The first-order valence-electron chi connectivity index (χ1n) is 6.79. The molecule has 0 heterocycles. The zero-order chi connectivity index (χ0) is 15.8. The average molecular weight is 297 g/mol. The molecule has 1 aromatic rings. The highest BCUT2D eigenvalue weighted by Gasteiger charge is 2.47. The van der Waals surface area contributed by atoms with Gasteiger partial charge in [0.05, 0.1) is 0 Å². The molecule has 0 aromatic heterocycles. The molecule has 1 amide bonds. The third-order valence-corrected chi connectivity index (χ3v) is 4.09. The van der Waals surface area contributed by atoms with Crippen molar-refractivity contribution in [2.75, 3.05) is 0 Å². The number of hydrogen-bond acceptors (Lipinski definition) is 2. The smallest absolute Gasteiger partial charge is 0.329 e. The first-order chi connectivity index (χ1) is 9.80. The molecule has 2 rings (SSSR count). The van der Waals surface area contributed by atoms with E-state index in [-0.39, 0.29) is 12.0 Å². The van der Waals surface area contributed by atoms with E-state index in [0.29, 0.717) is 6.42 Å². The van der Waals surface area contributed by atoms with Gasteiger partial charge in [-0.2, -0.15) is 0 Å². The number of amides is 1. The van der Waals surface area contributed by atoms with Crippen molar-refractivity contribution in [3.63, 3.8) is 0 Å². The zero-order valence-corrected chi connectivity index (χ0v) is 11.8. The Bertz CT molecular complexity index is 590. The normalized spacial score (nSPS) is 23.2. The molecule has 114 valence electrons. The van der Waals surface area contributed by atoms with Gasteiger partial charge >= 0.3 is 5.97 Å². The van der Waals surface area contributed by atoms with Crippen LogP contribution >= 0.6 is 0 Å². The van der Waals surface area contributed by atoms with Crippen molar-refractivity contribution in [3.8, 4) is 0 Å². The van der Waals surface area contributed by atoms with Crippen LogP contribution in [0.15, 0.2) is 18.2 Å². The summed E-state index contributed by atoms with van der Waals surface area (Å²) in [5, 5.41) is 11.6. The molecule has 2 N–H and O–H groups in total. The maximum Gasteiger partial charge on any atom is 0.329 e. The number of carboxylic acids is 1. The van der Waals surface area contributed by atoms with E-state index < -0.39 is 40.9 Å². The van der Waals surface area contributed by atoms with Crippen LogP contribution in [-0.2, 0) is 9.59 Å². The Kier molecular flexibility index (Phi) is 3.98. The molecule has 3 atom stereocenters. The number of carbonyl (C=O) groups excluding carboxylic acids is 1. The summed E-state index contributed by atoms with van der Waals surface area (Å²) in [4.78, 5) is 23.2. The summed E-state index contributed by atoms with van der Waals surface area (Å²) in [6.45, 7) is 3.08. The molecule has 1 aromatic carbocycles. The van der Waals surface area contributed by atoms with Gasteiger partial charge in [-0.05, 0) is 37.3 Å². The number of benzene rings is 1. The summed E-state index contributed by atoms with van der Waals surface area (Å²) in [6, 6.07) is 3.87. The van der Waals surface area contributed by atoms with E-state index in [1.165, 1.54) is 19.1 Å². The molecule has 1 aliphatic rings. The molecule has 0 spiro atoms. The Morgan fingerprint density at radius 3 is 2.67 bits per heavy atom. The lowest BCUT2D eigenvalue weighted by molar-refractivity contribution is -0.147. The predicted octanol–water partition coefficient (Wildman–Crippen LogP) is 2.44. The van der Waals surface area contributed by atoms with Gasteiger partial charge in [-0.25, -0.2) is 13.6 Å². The highest BCUT2D eigenvalue weighted by Crippen LogP contribution is 2.48. The largest absolute Gasteiger partial charge is 0.480 e. The number of hydrogen-bond donors (Lipinski definition) is 2. The molecule has 4 nitrogen and oxygen atoms in total. The lowest BCUT2D eigenvalue weighted by Crippen LogP contribution is -2.52. The summed E-state index contributed by atoms with van der Waals surface area (Å²) in [5.41, 5.74) is -1.17. The molecule has 6 heteroatoms. The number of carbonyl (C=O) groups is 2. The van der Waals surface area contributed by atoms with Crippen LogP contribution in [0.4, 0.5) is 8.78 Å². The molecule has 0 saturated heterocycles. The monoisotopic (exact) mass is 297 g/mol. The van der Waals surface area contributed by atoms with E-state index >= 15 is 0 Å². The van der Waals surface area contributed by atoms with Gasteiger partial charge in [0.2, 0.25) is 5.91 Å². The van der Waals surface area contributed by atoms with E-state index in [0.717, 1.165) is 6.07 Å². The first kappa shape index (κ1) is 15.4. The maximum atomic E-state index is 13.7. The molecule has 0 bridgehead atoms. The number of halogens is 2. The van der Waals surface area contributed by atoms with E-state index in [2.05, 4.69) is 5.32 Å². The topological polar surface area (TPSA) is 66.4 Å². The average Bonchev–Trinajstić information content (AvgIpc) is 3.21. The van der Waals surface area contributed by atoms with Crippen LogP contribution in [0.5, 0.6) is 0 Å². The second-order valence-corrected chi connectivity index (χ2v) is 5.57. The van der Waals surface area contributed by atoms with Crippen molar-refractivity contribution in [3.05, 3.63) is 35.4 Å². The standard InChI is InChI=1S/C15H17F2NO3/c1-3-15(2,14(20)21)18-13(19)10-7-9(10)8-5-4-6-11(16)12(8)17/h4-6,9-10H,3,7H2,1-2H3,(H,18,19)(H,20,21). The quantitative estimate of drug-likeness (QED) is 0.877. The van der Waals surface area contributed by atoms with Crippen molar-refractivity contribution in [1.82, 2.24) is 5.32 Å². The second kappa shape index (κ2) is 5.42. The van der Waals surface area contributed by atoms with Gasteiger partial charge in [0, 0.05) is 5.92 Å². The molecule has 21 heavy (non-hydrogen) atoms. The van der Waals surface area contributed by atoms with E-state index in [4.69, 9.17) is 5.11 Å². The Morgan fingerprint density at radius 1 is 1.43 bits per heavy atom. The SMILES string of the molecule is CCC(C)(NC(=O)C1CC1c1cccc(F)c1F)C(=O)O. The molecule has 1 aliphatic carbocycles. The lowest BCUT2D eigenvalue weighted by atomic mass is 9.98. The van der Waals surface area contributed by atoms with E-state index in [9.17, 15) is 18.4 Å². The highest BCUT2D eigenvalue weighted by atomic mass is 19.2. The minimum absolute atomic E-state index is 0.170. The van der Waals surface area contributed by atoms with Gasteiger partial charge in [-0.15, -0.1) is 0 Å². The maximum absolute atomic E-state index is 13.7. The van der Waals surface area contributed by atoms with E-state index in [1.54, 1.807) is 6.92 Å². The second-order valence-electron chi connectivity index (χ2n) is 5.57. The zero-order valence-electron chi connectivity index (χ0n) is 11.8. The van der Waals surface area contributed by atoms with Crippen molar-refractivity contribution in [2.45, 2.75) is 38.1 Å². The van der Waals surface area contributed by atoms with Crippen LogP contribution in [0.1, 0.15) is 38.2 Å². The van der Waals surface area contributed by atoms with Crippen molar-refractivity contribution in [1.29, 1.82) is 0 Å². The molecule has 0 radical (unpaired) electrons. The van der Waals surface area contributed by atoms with Gasteiger partial charge in [0.25, 0.3) is 0 Å². The summed E-state index contributed by atoms with van der Waals surface area (Å²) in [6.07, 6.45) is 0.630. The first-order valence-corrected chi connectivity index (χ1v) is 6.79. The fourth-order valence-electron chi connectivity index (χ4n) is 2.29. The Balaban J connectivity index is 2.08. The van der Waals surface area contributed by atoms with Crippen LogP contribution in [-0.4, -0.2) is 22.5 Å². The summed E-state index contributed by atoms with van der Waals surface area (Å²) in [7, 11) is 0. The van der Waals surface area contributed by atoms with Crippen molar-refractivity contribution >= 4 is 11.9 Å². The van der Waals surface area contributed by atoms with Crippen LogP contribution in [0.3, 0.4) is 0 Å². The minimum Gasteiger partial charge on any atom is -0.480 e. The third-order valence-electron chi connectivity index (χ3n) is 4.09. The molecule has 3 unspecified atom stereocenters. The van der Waals surface area contributed by atoms with Gasteiger partial charge in [0.15, 0.2) is 11.6 Å². The highest BCUT2D eigenvalue weighted by molar-refractivity contribution is 5.89. The molecular weight excluding hydrogens is 280 g/mol. The molecule has 1 fully saturated rings. The third kappa shape index (κ3) is 2.89. The van der Waals surface area contributed by atoms with Gasteiger partial charge in [0.1, 0.15) is 5.54 Å². The van der Waals surface area contributed by atoms with E-state index in [1.807, 2.05) is 0 Å². The summed E-state index contributed by atoms with van der Waals surface area (Å²) in [5.74, 6) is -4.33. The molecule has 0 aliphatic heterocycles. The predicted molar refractivity (Wildman–Crippen MR) is 71.7 cm³/mol. The fraction of sp³-hybridized carbons (Fsp3) is 0.467. The molecule has 1 saturated carbocycles. The Hall–Kier alpha value is -1.98. The van der Waals surface area contributed by atoms with Gasteiger partial charge in [-0.3, -0.25) is 4.79 Å². The van der Waals surface area contributed by atoms with Crippen LogP contribution in [0.2, 0.25) is 0 Å². The fourth-order valence-corrected chi connectivity index (χ4v) is 2.29. The van der Waals surface area contributed by atoms with Gasteiger partial charge in [-0.1, -0.05) is 19.1 Å². The minimum atomic E-state index is -1.34. The summed E-state index contributed by atoms with van der Waals surface area (Å²) >= 11 is 0. The van der Waals surface area contributed by atoms with Crippen molar-refractivity contribution < 1.29 is 23.5 Å². The Labute approximate surface area is 121 Å². The van der Waals surface area contributed by atoms with Crippen LogP contribution in [0, 0.1) is 17.6 Å². The summed E-state index contributed by atoms with van der Waals surface area (Å²) < 4.78 is 26.8. The number of carboxylic acid groups (broad SMARTS) is 1. The van der Waals surface area contributed by atoms with Crippen LogP contribution < -0.4 is 5.32 Å². The van der Waals surface area contributed by atoms with Crippen LogP contribution in [0.25, 0.3) is 0 Å². The number of nitrogens with one attached hydrogen (secondary N) is 1. The number of aliphatic carboxylic acids is 1. The van der Waals surface area contributed by atoms with Gasteiger partial charge < -0.3 is 10.4 Å².